The fraction of sp³-hybridized carbons (Fsp3) is 1.00. The summed E-state index contributed by atoms with van der Waals surface area (Å²) in [4.78, 5) is 5.16. The minimum atomic E-state index is 0.325. The molecule has 2 fully saturated rings. The van der Waals surface area contributed by atoms with Gasteiger partial charge in [-0.15, -0.1) is 0 Å². The molecule has 0 aliphatic carbocycles. The van der Waals surface area contributed by atoms with Crippen LogP contribution in [0.1, 0.15) is 40.0 Å². The SMILES string of the molecule is CCC1(CN2CCN(C)C(C)(C)C2)CCCN1. The van der Waals surface area contributed by atoms with Gasteiger partial charge in [-0.05, 0) is 46.7 Å². The van der Waals surface area contributed by atoms with Crippen molar-refractivity contribution in [2.45, 2.75) is 51.1 Å². The van der Waals surface area contributed by atoms with Gasteiger partial charge in [0.1, 0.15) is 0 Å². The predicted molar refractivity (Wildman–Crippen MR) is 73.4 cm³/mol. The van der Waals surface area contributed by atoms with Crippen molar-refractivity contribution >= 4 is 0 Å². The standard InChI is InChI=1S/C14H29N3/c1-5-14(7-6-8-15-14)12-17-10-9-16(4)13(2,3)11-17/h15H,5-12H2,1-4H3. The van der Waals surface area contributed by atoms with Gasteiger partial charge in [0.05, 0.1) is 0 Å². The molecule has 17 heavy (non-hydrogen) atoms. The van der Waals surface area contributed by atoms with Gasteiger partial charge in [-0.2, -0.15) is 0 Å². The topological polar surface area (TPSA) is 18.5 Å². The first kappa shape index (κ1) is 13.3. The molecule has 3 nitrogen and oxygen atoms in total. The molecule has 2 aliphatic rings. The number of hydrogen-bond donors (Lipinski definition) is 1. The summed E-state index contributed by atoms with van der Waals surface area (Å²) in [5.41, 5.74) is 0.734. The van der Waals surface area contributed by atoms with Crippen molar-refractivity contribution in [1.29, 1.82) is 0 Å². The van der Waals surface area contributed by atoms with Gasteiger partial charge in [-0.3, -0.25) is 9.80 Å². The van der Waals surface area contributed by atoms with Gasteiger partial charge in [-0.1, -0.05) is 6.92 Å². The average Bonchev–Trinajstić information content (AvgIpc) is 2.72. The zero-order chi connectivity index (χ0) is 12.5. The van der Waals surface area contributed by atoms with E-state index in [0.717, 1.165) is 0 Å². The van der Waals surface area contributed by atoms with E-state index >= 15 is 0 Å². The smallest absolute Gasteiger partial charge is 0.0306 e. The first-order valence-electron chi connectivity index (χ1n) is 7.16. The third-order valence-corrected chi connectivity index (χ3v) is 4.93. The van der Waals surface area contributed by atoms with Crippen LogP contribution in [0.25, 0.3) is 0 Å². The molecule has 0 spiro atoms. The van der Waals surface area contributed by atoms with Crippen molar-refractivity contribution in [3.05, 3.63) is 0 Å². The van der Waals surface area contributed by atoms with Gasteiger partial charge in [0.25, 0.3) is 0 Å². The van der Waals surface area contributed by atoms with E-state index in [9.17, 15) is 0 Å². The highest BCUT2D eigenvalue weighted by Gasteiger charge is 2.37. The molecule has 2 heterocycles. The summed E-state index contributed by atoms with van der Waals surface area (Å²) in [6.45, 7) is 13.1. The van der Waals surface area contributed by atoms with Crippen LogP contribution in [-0.4, -0.2) is 60.6 Å². The lowest BCUT2D eigenvalue weighted by molar-refractivity contribution is 0.0257. The maximum absolute atomic E-state index is 3.75. The van der Waals surface area contributed by atoms with Crippen molar-refractivity contribution in [3.63, 3.8) is 0 Å². The largest absolute Gasteiger partial charge is 0.310 e. The molecule has 1 N–H and O–H groups in total. The van der Waals surface area contributed by atoms with Crippen LogP contribution in [0.3, 0.4) is 0 Å². The van der Waals surface area contributed by atoms with Crippen LogP contribution < -0.4 is 5.32 Å². The molecule has 1 unspecified atom stereocenters. The van der Waals surface area contributed by atoms with E-state index in [1.165, 1.54) is 52.0 Å². The van der Waals surface area contributed by atoms with Crippen LogP contribution >= 0.6 is 0 Å². The van der Waals surface area contributed by atoms with Crippen LogP contribution in [0.2, 0.25) is 0 Å². The summed E-state index contributed by atoms with van der Waals surface area (Å²) in [5.74, 6) is 0. The first-order valence-corrected chi connectivity index (χ1v) is 7.16. The quantitative estimate of drug-likeness (QED) is 0.806. The summed E-state index contributed by atoms with van der Waals surface area (Å²) in [7, 11) is 2.25. The molecular formula is C14H29N3. The highest BCUT2D eigenvalue weighted by Crippen LogP contribution is 2.27. The summed E-state index contributed by atoms with van der Waals surface area (Å²) in [6, 6.07) is 0. The Labute approximate surface area is 107 Å². The van der Waals surface area contributed by atoms with Crippen LogP contribution in [0.4, 0.5) is 0 Å². The Kier molecular flexibility index (Phi) is 3.81. The molecule has 3 heteroatoms. The molecule has 0 aromatic carbocycles. The van der Waals surface area contributed by atoms with E-state index in [2.05, 4.69) is 42.9 Å². The Morgan fingerprint density at radius 1 is 1.24 bits per heavy atom. The number of likely N-dealkylation sites (N-methyl/N-ethyl adjacent to an activating group) is 1. The first-order chi connectivity index (χ1) is 7.97. The Hall–Kier alpha value is -0.120. The van der Waals surface area contributed by atoms with Crippen molar-refractivity contribution < 1.29 is 0 Å². The predicted octanol–water partition coefficient (Wildman–Crippen LogP) is 1.54. The minimum Gasteiger partial charge on any atom is -0.310 e. The molecule has 2 aliphatic heterocycles. The zero-order valence-electron chi connectivity index (χ0n) is 12.1. The second-order valence-corrected chi connectivity index (χ2v) is 6.61. The van der Waals surface area contributed by atoms with E-state index in [4.69, 9.17) is 0 Å². The Bertz CT molecular complexity index is 256. The zero-order valence-corrected chi connectivity index (χ0v) is 12.1. The molecule has 1 atom stereocenters. The van der Waals surface area contributed by atoms with Crippen LogP contribution in [0, 0.1) is 0 Å². The lowest BCUT2D eigenvalue weighted by atomic mass is 9.91. The van der Waals surface area contributed by atoms with Crippen molar-refractivity contribution in [2.75, 3.05) is 39.8 Å². The normalized spacial score (nSPS) is 35.3. The number of piperazine rings is 1. The van der Waals surface area contributed by atoms with Crippen LogP contribution in [0.15, 0.2) is 0 Å². The summed E-state index contributed by atoms with van der Waals surface area (Å²) in [6.07, 6.45) is 3.97. The van der Waals surface area contributed by atoms with Crippen molar-refractivity contribution in [3.8, 4) is 0 Å². The monoisotopic (exact) mass is 239 g/mol. The number of hydrogen-bond acceptors (Lipinski definition) is 3. The third kappa shape index (κ3) is 2.83. The highest BCUT2D eigenvalue weighted by atomic mass is 15.3. The van der Waals surface area contributed by atoms with Crippen LogP contribution in [-0.2, 0) is 0 Å². The molecule has 2 rings (SSSR count). The highest BCUT2D eigenvalue weighted by molar-refractivity contribution is 4.97. The number of nitrogens with zero attached hydrogens (tertiary/aromatic N) is 2. The molecule has 0 amide bonds. The van der Waals surface area contributed by atoms with Crippen LogP contribution in [0.5, 0.6) is 0 Å². The van der Waals surface area contributed by atoms with E-state index in [0.29, 0.717) is 11.1 Å². The minimum absolute atomic E-state index is 0.325. The molecule has 0 bridgehead atoms. The van der Waals surface area contributed by atoms with E-state index in [-0.39, 0.29) is 0 Å². The lowest BCUT2D eigenvalue weighted by Gasteiger charge is -2.47. The van der Waals surface area contributed by atoms with E-state index < -0.39 is 0 Å². The summed E-state index contributed by atoms with van der Waals surface area (Å²) >= 11 is 0. The molecule has 0 aromatic heterocycles. The van der Waals surface area contributed by atoms with E-state index in [1.54, 1.807) is 0 Å². The second kappa shape index (κ2) is 4.87. The van der Waals surface area contributed by atoms with Gasteiger partial charge in [-0.25, -0.2) is 0 Å². The van der Waals surface area contributed by atoms with Crippen molar-refractivity contribution in [2.24, 2.45) is 0 Å². The number of rotatable bonds is 3. The Morgan fingerprint density at radius 2 is 2.00 bits per heavy atom. The Balaban J connectivity index is 1.95. The maximum Gasteiger partial charge on any atom is 0.0306 e. The molecule has 0 radical (unpaired) electrons. The lowest BCUT2D eigenvalue weighted by Crippen LogP contribution is -2.61. The second-order valence-electron chi connectivity index (χ2n) is 6.61. The summed E-state index contributed by atoms with van der Waals surface area (Å²) < 4.78 is 0. The summed E-state index contributed by atoms with van der Waals surface area (Å²) in [5, 5.41) is 3.75. The van der Waals surface area contributed by atoms with Gasteiger partial charge in [0.15, 0.2) is 0 Å². The number of nitrogens with one attached hydrogen (secondary N) is 1. The van der Waals surface area contributed by atoms with E-state index in [1.807, 2.05) is 0 Å². The molecule has 0 saturated carbocycles. The molecule has 0 aromatic rings. The maximum atomic E-state index is 3.75. The Morgan fingerprint density at radius 3 is 2.53 bits per heavy atom. The van der Waals surface area contributed by atoms with Gasteiger partial charge < -0.3 is 5.32 Å². The van der Waals surface area contributed by atoms with Gasteiger partial charge in [0.2, 0.25) is 0 Å². The molecule has 2 saturated heterocycles. The van der Waals surface area contributed by atoms with Gasteiger partial charge in [0, 0.05) is 37.3 Å². The average molecular weight is 239 g/mol. The molecule has 100 valence electrons. The van der Waals surface area contributed by atoms with Crippen molar-refractivity contribution in [1.82, 2.24) is 15.1 Å². The fourth-order valence-corrected chi connectivity index (χ4v) is 3.32. The third-order valence-electron chi connectivity index (χ3n) is 4.93. The molecular weight excluding hydrogens is 210 g/mol. The van der Waals surface area contributed by atoms with Gasteiger partial charge >= 0.3 is 0 Å². The fourth-order valence-electron chi connectivity index (χ4n) is 3.32.